The number of amides is 1. The largest absolute Gasteiger partial charge is 0.451 e. The third kappa shape index (κ3) is 4.58. The standard InChI is InChI=1S/C21H24N2O5S2/c24-20(14-28-21(25)19-13-15-5-1-2-6-18(15)29-19)22-16-7-9-17(10-8-16)30(26,27)23-11-3-4-12-23/h7-10,13H,1-6,11-12,14H2,(H,22,24). The van der Waals surface area contributed by atoms with E-state index in [9.17, 15) is 18.0 Å². The maximum Gasteiger partial charge on any atom is 0.348 e. The van der Waals surface area contributed by atoms with Crippen molar-refractivity contribution in [2.24, 2.45) is 0 Å². The molecule has 1 aromatic heterocycles. The number of nitrogens with zero attached hydrogens (tertiary/aromatic N) is 1. The average Bonchev–Trinajstić information content (AvgIpc) is 3.42. The van der Waals surface area contributed by atoms with Crippen molar-refractivity contribution >= 4 is 38.9 Å². The number of sulfonamides is 1. The molecule has 2 aliphatic rings. The van der Waals surface area contributed by atoms with Gasteiger partial charge in [-0.2, -0.15) is 4.31 Å². The van der Waals surface area contributed by atoms with Gasteiger partial charge in [0.15, 0.2) is 6.61 Å². The highest BCUT2D eigenvalue weighted by Gasteiger charge is 2.27. The second-order valence-electron chi connectivity index (χ2n) is 7.53. The van der Waals surface area contributed by atoms with Gasteiger partial charge >= 0.3 is 5.97 Å². The first-order chi connectivity index (χ1) is 14.4. The number of carbonyl (C=O) groups is 2. The number of esters is 1. The molecule has 0 atom stereocenters. The first kappa shape index (κ1) is 21.0. The topological polar surface area (TPSA) is 92.8 Å². The van der Waals surface area contributed by atoms with E-state index in [0.29, 0.717) is 23.7 Å². The Balaban J connectivity index is 1.30. The Labute approximate surface area is 180 Å². The lowest BCUT2D eigenvalue weighted by atomic mass is 9.99. The molecule has 2 aromatic rings. The minimum absolute atomic E-state index is 0.204. The molecule has 0 bridgehead atoms. The number of carbonyl (C=O) groups excluding carboxylic acids is 2. The second kappa shape index (κ2) is 8.87. The third-order valence-electron chi connectivity index (χ3n) is 5.37. The van der Waals surface area contributed by atoms with E-state index in [4.69, 9.17) is 4.74 Å². The first-order valence-corrected chi connectivity index (χ1v) is 12.4. The molecule has 160 valence electrons. The van der Waals surface area contributed by atoms with E-state index in [1.165, 1.54) is 50.3 Å². The van der Waals surface area contributed by atoms with Crippen LogP contribution in [0, 0.1) is 0 Å². The lowest BCUT2D eigenvalue weighted by Gasteiger charge is -2.15. The number of benzene rings is 1. The molecule has 1 fully saturated rings. The molecule has 0 unspecified atom stereocenters. The van der Waals surface area contributed by atoms with Crippen molar-refractivity contribution in [3.63, 3.8) is 0 Å². The van der Waals surface area contributed by atoms with Gasteiger partial charge < -0.3 is 10.1 Å². The van der Waals surface area contributed by atoms with Crippen LogP contribution in [0.3, 0.4) is 0 Å². The normalized spacial score (nSPS) is 16.8. The van der Waals surface area contributed by atoms with Crippen molar-refractivity contribution in [2.45, 2.75) is 43.4 Å². The molecule has 30 heavy (non-hydrogen) atoms. The Morgan fingerprint density at radius 3 is 2.43 bits per heavy atom. The zero-order valence-electron chi connectivity index (χ0n) is 16.6. The molecule has 1 amide bonds. The number of hydrogen-bond acceptors (Lipinski definition) is 6. The summed E-state index contributed by atoms with van der Waals surface area (Å²) in [5.41, 5.74) is 1.66. The van der Waals surface area contributed by atoms with E-state index in [1.807, 2.05) is 6.07 Å². The van der Waals surface area contributed by atoms with E-state index in [2.05, 4.69) is 5.32 Å². The van der Waals surface area contributed by atoms with E-state index in [0.717, 1.165) is 38.5 Å². The number of rotatable bonds is 6. The van der Waals surface area contributed by atoms with E-state index < -0.39 is 28.5 Å². The summed E-state index contributed by atoms with van der Waals surface area (Å²) < 4.78 is 31.7. The molecule has 2 heterocycles. The van der Waals surface area contributed by atoms with Crippen LogP contribution < -0.4 is 5.32 Å². The van der Waals surface area contributed by atoms with Crippen LogP contribution in [0.2, 0.25) is 0 Å². The Hall–Kier alpha value is -2.23. The summed E-state index contributed by atoms with van der Waals surface area (Å²) in [6.45, 7) is 0.689. The Morgan fingerprint density at radius 2 is 1.73 bits per heavy atom. The number of fused-ring (bicyclic) bond motifs is 1. The van der Waals surface area contributed by atoms with Gasteiger partial charge in [0.2, 0.25) is 10.0 Å². The van der Waals surface area contributed by atoms with Crippen LogP contribution >= 0.6 is 11.3 Å². The highest BCUT2D eigenvalue weighted by Crippen LogP contribution is 2.30. The van der Waals surface area contributed by atoms with Crippen LogP contribution in [0.4, 0.5) is 5.69 Å². The summed E-state index contributed by atoms with van der Waals surface area (Å²) in [5, 5.41) is 2.62. The maximum atomic E-state index is 12.5. The molecule has 1 saturated heterocycles. The van der Waals surface area contributed by atoms with Gasteiger partial charge in [-0.15, -0.1) is 11.3 Å². The van der Waals surface area contributed by atoms with Crippen LogP contribution in [-0.4, -0.2) is 44.3 Å². The molecule has 0 spiro atoms. The zero-order chi connectivity index (χ0) is 21.1. The predicted octanol–water partition coefficient (Wildman–Crippen LogP) is 3.21. The predicted molar refractivity (Wildman–Crippen MR) is 114 cm³/mol. The van der Waals surface area contributed by atoms with Crippen molar-refractivity contribution in [2.75, 3.05) is 25.0 Å². The fourth-order valence-electron chi connectivity index (χ4n) is 3.78. The maximum absolute atomic E-state index is 12.5. The van der Waals surface area contributed by atoms with Gasteiger partial charge in [-0.3, -0.25) is 4.79 Å². The lowest BCUT2D eigenvalue weighted by molar-refractivity contribution is -0.119. The Kier molecular flexibility index (Phi) is 6.21. The summed E-state index contributed by atoms with van der Waals surface area (Å²) in [5.74, 6) is -0.962. The molecule has 0 saturated carbocycles. The summed E-state index contributed by atoms with van der Waals surface area (Å²) in [4.78, 5) is 26.3. The molecular formula is C21H24N2O5S2. The minimum Gasteiger partial charge on any atom is -0.451 e. The van der Waals surface area contributed by atoms with E-state index in [1.54, 1.807) is 0 Å². The molecule has 9 heteroatoms. The van der Waals surface area contributed by atoms with Crippen molar-refractivity contribution < 1.29 is 22.7 Å². The van der Waals surface area contributed by atoms with Crippen LogP contribution in [0.1, 0.15) is 45.8 Å². The summed E-state index contributed by atoms with van der Waals surface area (Å²) in [6.07, 6.45) is 6.02. The summed E-state index contributed by atoms with van der Waals surface area (Å²) in [7, 11) is -3.49. The highest BCUT2D eigenvalue weighted by molar-refractivity contribution is 7.89. The number of hydrogen-bond donors (Lipinski definition) is 1. The van der Waals surface area contributed by atoms with Crippen molar-refractivity contribution in [3.8, 4) is 0 Å². The van der Waals surface area contributed by atoms with Crippen LogP contribution in [0.25, 0.3) is 0 Å². The Morgan fingerprint density at radius 1 is 1.03 bits per heavy atom. The van der Waals surface area contributed by atoms with Crippen molar-refractivity contribution in [1.29, 1.82) is 0 Å². The van der Waals surface area contributed by atoms with Gasteiger partial charge in [-0.05, 0) is 74.4 Å². The van der Waals surface area contributed by atoms with Crippen LogP contribution in [0.15, 0.2) is 35.2 Å². The van der Waals surface area contributed by atoms with Gasteiger partial charge in [0.25, 0.3) is 5.91 Å². The number of ether oxygens (including phenoxy) is 1. The van der Waals surface area contributed by atoms with E-state index >= 15 is 0 Å². The zero-order valence-corrected chi connectivity index (χ0v) is 18.2. The monoisotopic (exact) mass is 448 g/mol. The van der Waals surface area contributed by atoms with Gasteiger partial charge in [-0.25, -0.2) is 13.2 Å². The third-order valence-corrected chi connectivity index (χ3v) is 8.50. The SMILES string of the molecule is O=C(COC(=O)c1cc2c(s1)CCCC2)Nc1ccc(S(=O)(=O)N2CCCC2)cc1. The molecule has 1 aromatic carbocycles. The number of nitrogens with one attached hydrogen (secondary N) is 1. The first-order valence-electron chi connectivity index (χ1n) is 10.1. The molecule has 0 radical (unpaired) electrons. The minimum atomic E-state index is -3.49. The van der Waals surface area contributed by atoms with Gasteiger partial charge in [-0.1, -0.05) is 0 Å². The van der Waals surface area contributed by atoms with Crippen molar-refractivity contribution in [1.82, 2.24) is 4.31 Å². The number of anilines is 1. The fraction of sp³-hybridized carbons (Fsp3) is 0.429. The van der Waals surface area contributed by atoms with Crippen LogP contribution in [0.5, 0.6) is 0 Å². The van der Waals surface area contributed by atoms with E-state index in [-0.39, 0.29) is 4.90 Å². The van der Waals surface area contributed by atoms with Crippen molar-refractivity contribution in [3.05, 3.63) is 45.6 Å². The van der Waals surface area contributed by atoms with Crippen LogP contribution in [-0.2, 0) is 32.4 Å². The number of aryl methyl sites for hydroxylation is 2. The molecule has 1 aliphatic carbocycles. The number of thiophene rings is 1. The molecule has 1 aliphatic heterocycles. The molecule has 7 nitrogen and oxygen atoms in total. The second-order valence-corrected chi connectivity index (χ2v) is 10.6. The smallest absolute Gasteiger partial charge is 0.348 e. The average molecular weight is 449 g/mol. The summed E-state index contributed by atoms with van der Waals surface area (Å²) >= 11 is 1.45. The molecular weight excluding hydrogens is 424 g/mol. The molecule has 4 rings (SSSR count). The highest BCUT2D eigenvalue weighted by atomic mass is 32.2. The summed E-state index contributed by atoms with van der Waals surface area (Å²) in [6, 6.07) is 7.90. The fourth-order valence-corrected chi connectivity index (χ4v) is 6.44. The molecule has 1 N–H and O–H groups in total. The van der Waals surface area contributed by atoms with Gasteiger partial charge in [0, 0.05) is 23.7 Å². The Bertz CT molecular complexity index is 1010. The van der Waals surface area contributed by atoms with Gasteiger partial charge in [0.05, 0.1) is 4.90 Å². The quantitative estimate of drug-likeness (QED) is 0.685. The van der Waals surface area contributed by atoms with Gasteiger partial charge in [0.1, 0.15) is 4.88 Å². The lowest BCUT2D eigenvalue weighted by Crippen LogP contribution is -2.27.